The third kappa shape index (κ3) is 2.88. The van der Waals surface area contributed by atoms with E-state index in [1.54, 1.807) is 0 Å². The van der Waals surface area contributed by atoms with E-state index in [2.05, 4.69) is 64.0 Å². The quantitative estimate of drug-likeness (QED) is 0.698. The van der Waals surface area contributed by atoms with Gasteiger partial charge in [0.2, 0.25) is 5.89 Å². The Kier molecular flexibility index (Phi) is 3.65. The van der Waals surface area contributed by atoms with Crippen LogP contribution in [0.5, 0.6) is 0 Å². The highest BCUT2D eigenvalue weighted by Gasteiger charge is 2.28. The Morgan fingerprint density at radius 3 is 2.91 bits per heavy atom. The Hall–Kier alpha value is -2.14. The SMILES string of the molecule is CCn1ccc2c(CN(C)Cc3nc(C4CC4)no3)cccc21. The largest absolute Gasteiger partial charge is 0.348 e. The second-order valence-corrected chi connectivity index (χ2v) is 6.44. The molecule has 1 fully saturated rings. The predicted octanol–water partition coefficient (Wildman–Crippen LogP) is 3.55. The second kappa shape index (κ2) is 5.81. The number of hydrogen-bond donors (Lipinski definition) is 0. The number of hydrogen-bond acceptors (Lipinski definition) is 4. The molecule has 120 valence electrons. The molecule has 0 aliphatic heterocycles. The van der Waals surface area contributed by atoms with Crippen molar-refractivity contribution < 1.29 is 4.52 Å². The van der Waals surface area contributed by atoms with E-state index in [9.17, 15) is 0 Å². The summed E-state index contributed by atoms with van der Waals surface area (Å²) in [5.74, 6) is 2.14. The van der Waals surface area contributed by atoms with Gasteiger partial charge in [0.25, 0.3) is 0 Å². The van der Waals surface area contributed by atoms with Crippen molar-refractivity contribution in [3.8, 4) is 0 Å². The first-order valence-corrected chi connectivity index (χ1v) is 8.32. The van der Waals surface area contributed by atoms with Gasteiger partial charge in [0.05, 0.1) is 6.54 Å². The molecule has 1 saturated carbocycles. The summed E-state index contributed by atoms with van der Waals surface area (Å²) in [6, 6.07) is 8.72. The molecule has 5 nitrogen and oxygen atoms in total. The molecule has 0 spiro atoms. The van der Waals surface area contributed by atoms with Gasteiger partial charge in [-0.05, 0) is 44.5 Å². The summed E-state index contributed by atoms with van der Waals surface area (Å²) in [6.45, 7) is 4.72. The van der Waals surface area contributed by atoms with E-state index < -0.39 is 0 Å². The van der Waals surface area contributed by atoms with Crippen LogP contribution < -0.4 is 0 Å². The first-order chi connectivity index (χ1) is 11.2. The molecule has 0 saturated heterocycles. The molecule has 1 aliphatic rings. The molecular weight excluding hydrogens is 288 g/mol. The summed E-state index contributed by atoms with van der Waals surface area (Å²) in [5.41, 5.74) is 2.63. The topological polar surface area (TPSA) is 47.1 Å². The normalized spacial score (nSPS) is 14.9. The minimum absolute atomic E-state index is 0.542. The standard InChI is InChI=1S/C18H22N4O/c1-3-22-10-9-15-14(5-4-6-16(15)22)11-21(2)12-17-19-18(20-23-17)13-7-8-13/h4-6,9-10,13H,3,7-8,11-12H2,1-2H3. The third-order valence-corrected chi connectivity index (χ3v) is 4.52. The predicted molar refractivity (Wildman–Crippen MR) is 89.1 cm³/mol. The fourth-order valence-corrected chi connectivity index (χ4v) is 3.12. The molecule has 5 heteroatoms. The molecule has 2 aromatic heterocycles. The minimum Gasteiger partial charge on any atom is -0.348 e. The molecule has 0 amide bonds. The van der Waals surface area contributed by atoms with Crippen molar-refractivity contribution in [2.24, 2.45) is 0 Å². The van der Waals surface area contributed by atoms with Gasteiger partial charge in [0.15, 0.2) is 5.82 Å². The molecule has 1 aliphatic carbocycles. The van der Waals surface area contributed by atoms with Crippen LogP contribution >= 0.6 is 0 Å². The number of rotatable bonds is 6. The van der Waals surface area contributed by atoms with Crippen LogP contribution in [0.3, 0.4) is 0 Å². The Balaban J connectivity index is 1.49. The van der Waals surface area contributed by atoms with Crippen LogP contribution in [0.25, 0.3) is 10.9 Å². The average molecular weight is 310 g/mol. The van der Waals surface area contributed by atoms with Crippen molar-refractivity contribution in [1.82, 2.24) is 19.6 Å². The Morgan fingerprint density at radius 1 is 1.26 bits per heavy atom. The van der Waals surface area contributed by atoms with Crippen molar-refractivity contribution in [2.75, 3.05) is 7.05 Å². The van der Waals surface area contributed by atoms with Crippen LogP contribution in [0.2, 0.25) is 0 Å². The molecule has 1 aromatic carbocycles. The number of aromatic nitrogens is 3. The Morgan fingerprint density at radius 2 is 2.13 bits per heavy atom. The number of benzene rings is 1. The zero-order valence-electron chi connectivity index (χ0n) is 13.7. The third-order valence-electron chi connectivity index (χ3n) is 4.52. The minimum atomic E-state index is 0.542. The summed E-state index contributed by atoms with van der Waals surface area (Å²) in [4.78, 5) is 6.73. The van der Waals surface area contributed by atoms with E-state index >= 15 is 0 Å². The highest BCUT2D eigenvalue weighted by molar-refractivity contribution is 5.83. The fraction of sp³-hybridized carbons (Fsp3) is 0.444. The molecule has 0 N–H and O–H groups in total. The fourth-order valence-electron chi connectivity index (χ4n) is 3.12. The maximum absolute atomic E-state index is 5.38. The van der Waals surface area contributed by atoms with Gasteiger partial charge in [0, 0.05) is 36.1 Å². The van der Waals surface area contributed by atoms with Gasteiger partial charge in [-0.15, -0.1) is 0 Å². The van der Waals surface area contributed by atoms with Gasteiger partial charge < -0.3 is 9.09 Å². The summed E-state index contributed by atoms with van der Waals surface area (Å²) in [6.07, 6.45) is 4.56. The molecule has 0 atom stereocenters. The number of nitrogens with zero attached hydrogens (tertiary/aromatic N) is 4. The zero-order valence-corrected chi connectivity index (χ0v) is 13.7. The van der Waals surface area contributed by atoms with Crippen LogP contribution in [-0.4, -0.2) is 26.7 Å². The zero-order chi connectivity index (χ0) is 15.8. The van der Waals surface area contributed by atoms with Crippen LogP contribution in [0.1, 0.15) is 43.0 Å². The molecule has 4 rings (SSSR count). The van der Waals surface area contributed by atoms with Gasteiger partial charge >= 0.3 is 0 Å². The van der Waals surface area contributed by atoms with Crippen molar-refractivity contribution in [3.05, 3.63) is 47.7 Å². The first kappa shape index (κ1) is 14.5. The molecule has 2 heterocycles. The lowest BCUT2D eigenvalue weighted by molar-refractivity contribution is 0.261. The number of fused-ring (bicyclic) bond motifs is 1. The van der Waals surface area contributed by atoms with Crippen LogP contribution in [0.15, 0.2) is 35.0 Å². The molecular formula is C18H22N4O. The monoisotopic (exact) mass is 310 g/mol. The van der Waals surface area contributed by atoms with Gasteiger partial charge in [-0.25, -0.2) is 0 Å². The first-order valence-electron chi connectivity index (χ1n) is 8.32. The smallest absolute Gasteiger partial charge is 0.240 e. The lowest BCUT2D eigenvalue weighted by Gasteiger charge is -2.15. The van der Waals surface area contributed by atoms with E-state index in [1.165, 1.54) is 29.3 Å². The summed E-state index contributed by atoms with van der Waals surface area (Å²) < 4.78 is 7.65. The second-order valence-electron chi connectivity index (χ2n) is 6.44. The number of aryl methyl sites for hydroxylation is 1. The van der Waals surface area contributed by atoms with Gasteiger partial charge in [0.1, 0.15) is 0 Å². The van der Waals surface area contributed by atoms with Gasteiger partial charge in [-0.1, -0.05) is 17.3 Å². The summed E-state index contributed by atoms with van der Waals surface area (Å²) in [5, 5.41) is 5.41. The van der Waals surface area contributed by atoms with Gasteiger partial charge in [-0.2, -0.15) is 4.98 Å². The van der Waals surface area contributed by atoms with E-state index in [4.69, 9.17) is 4.52 Å². The van der Waals surface area contributed by atoms with Crippen LogP contribution in [0, 0.1) is 0 Å². The molecule has 23 heavy (non-hydrogen) atoms. The van der Waals surface area contributed by atoms with Crippen LogP contribution in [-0.2, 0) is 19.6 Å². The summed E-state index contributed by atoms with van der Waals surface area (Å²) in [7, 11) is 2.09. The van der Waals surface area contributed by atoms with E-state index in [0.29, 0.717) is 18.4 Å². The lowest BCUT2D eigenvalue weighted by Crippen LogP contribution is -2.17. The highest BCUT2D eigenvalue weighted by Crippen LogP contribution is 2.38. The molecule has 0 radical (unpaired) electrons. The lowest BCUT2D eigenvalue weighted by atomic mass is 10.1. The molecule has 3 aromatic rings. The van der Waals surface area contributed by atoms with Crippen molar-refractivity contribution in [2.45, 2.75) is 45.3 Å². The Bertz CT molecular complexity index is 815. The van der Waals surface area contributed by atoms with Crippen molar-refractivity contribution in [1.29, 1.82) is 0 Å². The van der Waals surface area contributed by atoms with Crippen LogP contribution in [0.4, 0.5) is 0 Å². The van der Waals surface area contributed by atoms with E-state index in [-0.39, 0.29) is 0 Å². The molecule has 0 unspecified atom stereocenters. The molecule has 0 bridgehead atoms. The maximum atomic E-state index is 5.38. The summed E-state index contributed by atoms with van der Waals surface area (Å²) >= 11 is 0. The Labute approximate surface area is 135 Å². The van der Waals surface area contributed by atoms with E-state index in [1.807, 2.05) is 0 Å². The highest BCUT2D eigenvalue weighted by atomic mass is 16.5. The average Bonchev–Trinajstić information content (AvgIpc) is 3.14. The van der Waals surface area contributed by atoms with Crippen molar-refractivity contribution >= 4 is 10.9 Å². The van der Waals surface area contributed by atoms with E-state index in [0.717, 1.165) is 18.9 Å². The van der Waals surface area contributed by atoms with Gasteiger partial charge in [-0.3, -0.25) is 4.90 Å². The van der Waals surface area contributed by atoms with Crippen molar-refractivity contribution in [3.63, 3.8) is 0 Å². The maximum Gasteiger partial charge on any atom is 0.240 e.